The number of aryl methyl sites for hydroxylation is 1. The van der Waals surface area contributed by atoms with Crippen LogP contribution in [0.15, 0.2) is 12.3 Å². The summed E-state index contributed by atoms with van der Waals surface area (Å²) >= 11 is 0. The van der Waals surface area contributed by atoms with E-state index in [-0.39, 0.29) is 17.7 Å². The van der Waals surface area contributed by atoms with Gasteiger partial charge >= 0.3 is 0 Å². The number of carbonyl (C=O) groups excluding carboxylic acids is 1. The minimum Gasteiger partial charge on any atom is -0.383 e. The van der Waals surface area contributed by atoms with Gasteiger partial charge in [0.25, 0.3) is 0 Å². The highest BCUT2D eigenvalue weighted by molar-refractivity contribution is 6.02. The number of rotatable bonds is 3. The summed E-state index contributed by atoms with van der Waals surface area (Å²) in [5.74, 6) is 0.129. The van der Waals surface area contributed by atoms with Gasteiger partial charge in [-0.2, -0.15) is 0 Å². The van der Waals surface area contributed by atoms with Crippen molar-refractivity contribution in [2.24, 2.45) is 5.92 Å². The van der Waals surface area contributed by atoms with E-state index in [2.05, 4.69) is 10.3 Å². The van der Waals surface area contributed by atoms with Crippen molar-refractivity contribution in [3.05, 3.63) is 23.4 Å². The predicted octanol–water partition coefficient (Wildman–Crippen LogP) is 0.389. The second kappa shape index (κ2) is 4.81. The molecule has 5 heteroatoms. The lowest BCUT2D eigenvalue weighted by Crippen LogP contribution is -2.37. The first kappa shape index (κ1) is 12.0. The Labute approximate surface area is 100 Å². The van der Waals surface area contributed by atoms with Gasteiger partial charge in [-0.1, -0.05) is 0 Å². The van der Waals surface area contributed by atoms with Crippen LogP contribution in [-0.2, 0) is 4.74 Å². The molecule has 2 atom stereocenters. The van der Waals surface area contributed by atoms with Gasteiger partial charge in [0.1, 0.15) is 5.82 Å². The van der Waals surface area contributed by atoms with E-state index in [9.17, 15) is 4.79 Å². The fourth-order valence-electron chi connectivity index (χ4n) is 2.07. The van der Waals surface area contributed by atoms with Crippen LogP contribution in [-0.4, -0.2) is 37.1 Å². The van der Waals surface area contributed by atoms with Gasteiger partial charge in [-0.25, -0.2) is 4.98 Å². The predicted molar refractivity (Wildman–Crippen MR) is 64.9 cm³/mol. The molecule has 5 nitrogen and oxygen atoms in total. The molecule has 1 aromatic heterocycles. The van der Waals surface area contributed by atoms with E-state index in [0.717, 1.165) is 5.56 Å². The molecule has 0 radical (unpaired) electrons. The van der Waals surface area contributed by atoms with E-state index < -0.39 is 0 Å². The van der Waals surface area contributed by atoms with Crippen molar-refractivity contribution < 1.29 is 9.53 Å². The van der Waals surface area contributed by atoms with Gasteiger partial charge < -0.3 is 15.8 Å². The zero-order valence-electron chi connectivity index (χ0n) is 10.1. The number of Topliss-reactive ketones (excluding diaryl/α,β-unsaturated/α-hetero) is 1. The van der Waals surface area contributed by atoms with Crippen LogP contribution < -0.4 is 11.1 Å². The molecular formula is C12H17N3O2. The second-order valence-corrected chi connectivity index (χ2v) is 4.35. The average molecular weight is 235 g/mol. The van der Waals surface area contributed by atoms with E-state index in [4.69, 9.17) is 10.5 Å². The number of likely N-dealkylation sites (N-methyl/N-ethyl adjacent to an activating group) is 1. The van der Waals surface area contributed by atoms with Crippen LogP contribution in [0.1, 0.15) is 15.9 Å². The highest BCUT2D eigenvalue weighted by atomic mass is 16.5. The summed E-state index contributed by atoms with van der Waals surface area (Å²) in [5.41, 5.74) is 7.19. The number of hydrogen-bond acceptors (Lipinski definition) is 5. The number of aromatic nitrogens is 1. The Morgan fingerprint density at radius 3 is 3.06 bits per heavy atom. The molecule has 0 aliphatic carbocycles. The lowest BCUT2D eigenvalue weighted by Gasteiger charge is -2.16. The van der Waals surface area contributed by atoms with Crippen LogP contribution in [0, 0.1) is 12.8 Å². The van der Waals surface area contributed by atoms with E-state index in [1.54, 1.807) is 12.3 Å². The normalized spacial score (nSPS) is 23.9. The lowest BCUT2D eigenvalue weighted by molar-refractivity contribution is 0.0893. The zero-order valence-corrected chi connectivity index (χ0v) is 10.1. The molecule has 0 saturated carbocycles. The fourth-order valence-corrected chi connectivity index (χ4v) is 2.07. The van der Waals surface area contributed by atoms with Gasteiger partial charge in [0, 0.05) is 12.2 Å². The molecule has 1 aliphatic heterocycles. The molecule has 0 aromatic carbocycles. The summed E-state index contributed by atoms with van der Waals surface area (Å²) in [7, 11) is 1.83. The molecule has 0 spiro atoms. The van der Waals surface area contributed by atoms with Crippen molar-refractivity contribution in [1.82, 2.24) is 10.3 Å². The molecular weight excluding hydrogens is 218 g/mol. The molecule has 2 rings (SSSR count). The number of hydrogen-bond donors (Lipinski definition) is 2. The van der Waals surface area contributed by atoms with Crippen molar-refractivity contribution in [2.75, 3.05) is 26.0 Å². The van der Waals surface area contributed by atoms with Crippen LogP contribution in [0.3, 0.4) is 0 Å². The number of ether oxygens (including phenoxy) is 1. The number of anilines is 1. The molecule has 2 heterocycles. The third-order valence-electron chi connectivity index (χ3n) is 3.11. The Morgan fingerprint density at radius 1 is 1.59 bits per heavy atom. The number of ketones is 1. The highest BCUT2D eigenvalue weighted by Crippen LogP contribution is 2.22. The third-order valence-corrected chi connectivity index (χ3v) is 3.11. The molecule has 2 unspecified atom stereocenters. The van der Waals surface area contributed by atoms with Crippen molar-refractivity contribution >= 4 is 11.6 Å². The molecule has 1 fully saturated rings. The smallest absolute Gasteiger partial charge is 0.173 e. The number of nitrogens with two attached hydrogens (primary N) is 1. The van der Waals surface area contributed by atoms with Crippen molar-refractivity contribution in [3.8, 4) is 0 Å². The number of nitrogens with one attached hydrogen (secondary N) is 1. The molecule has 1 saturated heterocycles. The summed E-state index contributed by atoms with van der Waals surface area (Å²) in [4.78, 5) is 16.4. The Hall–Kier alpha value is -1.46. The Morgan fingerprint density at radius 2 is 2.35 bits per heavy atom. The quantitative estimate of drug-likeness (QED) is 0.741. The molecule has 0 amide bonds. The summed E-state index contributed by atoms with van der Waals surface area (Å²) in [6.07, 6.45) is 1.66. The Bertz CT molecular complexity index is 434. The van der Waals surface area contributed by atoms with E-state index in [1.165, 1.54) is 0 Å². The minimum absolute atomic E-state index is 0.00977. The summed E-state index contributed by atoms with van der Waals surface area (Å²) in [5, 5.41) is 3.09. The number of nitrogen functional groups attached to an aromatic ring is 1. The molecule has 0 bridgehead atoms. The van der Waals surface area contributed by atoms with Crippen LogP contribution in [0.5, 0.6) is 0 Å². The first-order valence-corrected chi connectivity index (χ1v) is 5.65. The van der Waals surface area contributed by atoms with E-state index in [1.807, 2.05) is 14.0 Å². The van der Waals surface area contributed by atoms with E-state index >= 15 is 0 Å². The fraction of sp³-hybridized carbons (Fsp3) is 0.500. The maximum atomic E-state index is 12.3. The standard InChI is InChI=1S/C12H17N3O2/c1-7-3-8(12(13)15-4-7)11(16)9-5-17-6-10(9)14-2/h3-4,9-10,14H,5-6H2,1-2H3,(H2,13,15). The van der Waals surface area contributed by atoms with Crippen molar-refractivity contribution in [2.45, 2.75) is 13.0 Å². The minimum atomic E-state index is -0.175. The van der Waals surface area contributed by atoms with Crippen LogP contribution in [0.4, 0.5) is 5.82 Å². The lowest BCUT2D eigenvalue weighted by atomic mass is 9.93. The number of nitrogens with zero attached hydrogens (tertiary/aromatic N) is 1. The van der Waals surface area contributed by atoms with Gasteiger partial charge in [0.05, 0.1) is 24.7 Å². The van der Waals surface area contributed by atoms with Crippen LogP contribution in [0.2, 0.25) is 0 Å². The summed E-state index contributed by atoms with van der Waals surface area (Å²) < 4.78 is 5.33. The molecule has 3 N–H and O–H groups in total. The second-order valence-electron chi connectivity index (χ2n) is 4.35. The highest BCUT2D eigenvalue weighted by Gasteiger charge is 2.34. The van der Waals surface area contributed by atoms with Gasteiger partial charge in [0.2, 0.25) is 0 Å². The first-order chi connectivity index (χ1) is 8.13. The average Bonchev–Trinajstić information content (AvgIpc) is 2.79. The van der Waals surface area contributed by atoms with Crippen LogP contribution >= 0.6 is 0 Å². The number of pyridine rings is 1. The zero-order chi connectivity index (χ0) is 12.4. The van der Waals surface area contributed by atoms with Gasteiger partial charge in [-0.05, 0) is 25.6 Å². The van der Waals surface area contributed by atoms with Gasteiger partial charge in [-0.15, -0.1) is 0 Å². The van der Waals surface area contributed by atoms with Crippen molar-refractivity contribution in [3.63, 3.8) is 0 Å². The molecule has 92 valence electrons. The first-order valence-electron chi connectivity index (χ1n) is 5.65. The largest absolute Gasteiger partial charge is 0.383 e. The molecule has 17 heavy (non-hydrogen) atoms. The maximum absolute atomic E-state index is 12.3. The third kappa shape index (κ3) is 2.30. The summed E-state index contributed by atoms with van der Waals surface area (Å²) in [6, 6.07) is 1.85. The Balaban J connectivity index is 2.27. The maximum Gasteiger partial charge on any atom is 0.173 e. The SMILES string of the molecule is CNC1COCC1C(=O)c1cc(C)cnc1N. The molecule has 1 aromatic rings. The summed E-state index contributed by atoms with van der Waals surface area (Å²) in [6.45, 7) is 2.90. The van der Waals surface area contributed by atoms with Crippen LogP contribution in [0.25, 0.3) is 0 Å². The van der Waals surface area contributed by atoms with E-state index in [0.29, 0.717) is 24.6 Å². The topological polar surface area (TPSA) is 77.2 Å². The monoisotopic (exact) mass is 235 g/mol. The Kier molecular flexibility index (Phi) is 3.40. The van der Waals surface area contributed by atoms with Crippen molar-refractivity contribution in [1.29, 1.82) is 0 Å². The van der Waals surface area contributed by atoms with Gasteiger partial charge in [-0.3, -0.25) is 4.79 Å². The molecule has 1 aliphatic rings. The van der Waals surface area contributed by atoms with Gasteiger partial charge in [0.15, 0.2) is 5.78 Å². The number of carbonyl (C=O) groups is 1.